The highest BCUT2D eigenvalue weighted by molar-refractivity contribution is 6.31. The van der Waals surface area contributed by atoms with Gasteiger partial charge < -0.3 is 19.9 Å². The molecule has 2 N–H and O–H groups in total. The van der Waals surface area contributed by atoms with Crippen LogP contribution in [0.3, 0.4) is 0 Å². The van der Waals surface area contributed by atoms with Crippen molar-refractivity contribution in [3.05, 3.63) is 70.6 Å². The van der Waals surface area contributed by atoms with Crippen molar-refractivity contribution in [2.75, 3.05) is 19.5 Å². The van der Waals surface area contributed by atoms with Gasteiger partial charge in [0, 0.05) is 30.3 Å². The summed E-state index contributed by atoms with van der Waals surface area (Å²) in [5.41, 5.74) is 1.34. The fourth-order valence-electron chi connectivity index (χ4n) is 3.69. The lowest BCUT2D eigenvalue weighted by Gasteiger charge is -2.24. The molecule has 1 aliphatic carbocycles. The molecule has 1 heterocycles. The Hall–Kier alpha value is -3.16. The van der Waals surface area contributed by atoms with Crippen LogP contribution in [0, 0.1) is 5.82 Å². The number of carbonyl (C=O) groups excluding carboxylic acids is 1. The van der Waals surface area contributed by atoms with E-state index in [1.165, 1.54) is 12.1 Å². The first-order valence-corrected chi connectivity index (χ1v) is 11.8. The number of nitrogens with one attached hydrogen (secondary N) is 1. The van der Waals surface area contributed by atoms with Gasteiger partial charge in [0.05, 0.1) is 29.6 Å². The number of pyridine rings is 1. The molecule has 0 bridgehead atoms. The topological polar surface area (TPSA) is 80.7 Å². The molecule has 0 aliphatic heterocycles. The monoisotopic (exact) mass is 498 g/mol. The Morgan fingerprint density at radius 2 is 1.97 bits per heavy atom. The zero-order chi connectivity index (χ0) is 25.2. The number of hydrogen-bond acceptors (Lipinski definition) is 6. The smallest absolute Gasteiger partial charge is 0.163 e. The summed E-state index contributed by atoms with van der Waals surface area (Å²) in [5.74, 6) is 0.493. The molecule has 2 aromatic carbocycles. The standard InChI is InChI=1S/C27H28ClFN2O4/c1-27(33,11-10-23(32)17-5-9-24(25(13-17)34-3)35-19-6-7-19)26-15-18(30-2)14-22(31-26)16-4-8-21(29)20(28)12-16/h4-5,8-9,12-15,19,33H,6-7,10-11H2,1-3H3,(H,30,31). The summed E-state index contributed by atoms with van der Waals surface area (Å²) in [6, 6.07) is 13.0. The molecule has 0 amide bonds. The third-order valence-corrected chi connectivity index (χ3v) is 6.31. The predicted molar refractivity (Wildman–Crippen MR) is 134 cm³/mol. The number of methoxy groups -OCH3 is 1. The number of ether oxygens (including phenoxy) is 2. The van der Waals surface area contributed by atoms with Gasteiger partial charge in [-0.05, 0) is 74.7 Å². The minimum Gasteiger partial charge on any atom is -0.493 e. The summed E-state index contributed by atoms with van der Waals surface area (Å²) in [6.45, 7) is 1.62. The first-order chi connectivity index (χ1) is 16.7. The molecule has 4 rings (SSSR count). The van der Waals surface area contributed by atoms with Gasteiger partial charge in [-0.25, -0.2) is 9.37 Å². The van der Waals surface area contributed by atoms with E-state index in [2.05, 4.69) is 10.3 Å². The Labute approximate surface area is 209 Å². The number of Topliss-reactive ketones (excluding diaryl/α,β-unsaturated/α-hetero) is 1. The SMILES string of the molecule is CNc1cc(-c2ccc(F)c(Cl)c2)nc(C(C)(O)CCC(=O)c2ccc(OC3CC3)c(OC)c2)c1. The first-order valence-electron chi connectivity index (χ1n) is 11.5. The average molecular weight is 499 g/mol. The van der Waals surface area contributed by atoms with E-state index in [0.29, 0.717) is 39.7 Å². The Balaban J connectivity index is 1.52. The molecular weight excluding hydrogens is 471 g/mol. The number of carbonyl (C=O) groups is 1. The number of rotatable bonds is 10. The number of nitrogens with zero attached hydrogens (tertiary/aromatic N) is 1. The molecule has 0 radical (unpaired) electrons. The van der Waals surface area contributed by atoms with Crippen molar-refractivity contribution in [2.24, 2.45) is 0 Å². The second kappa shape index (κ2) is 10.2. The molecule has 8 heteroatoms. The van der Waals surface area contributed by atoms with Gasteiger partial charge in [0.25, 0.3) is 0 Å². The summed E-state index contributed by atoms with van der Waals surface area (Å²) in [5, 5.41) is 14.3. The molecule has 1 atom stereocenters. The summed E-state index contributed by atoms with van der Waals surface area (Å²) in [7, 11) is 3.29. The molecule has 1 fully saturated rings. The van der Waals surface area contributed by atoms with Crippen LogP contribution < -0.4 is 14.8 Å². The molecule has 3 aromatic rings. The molecule has 1 saturated carbocycles. The van der Waals surface area contributed by atoms with E-state index in [1.807, 2.05) is 0 Å². The van der Waals surface area contributed by atoms with Crippen LogP contribution in [0.25, 0.3) is 11.3 Å². The average Bonchev–Trinajstić information content (AvgIpc) is 3.68. The molecule has 0 saturated heterocycles. The molecule has 1 aromatic heterocycles. The van der Waals surface area contributed by atoms with E-state index in [0.717, 1.165) is 12.8 Å². The molecule has 6 nitrogen and oxygen atoms in total. The minimum atomic E-state index is -1.39. The van der Waals surface area contributed by atoms with Crippen molar-refractivity contribution >= 4 is 23.1 Å². The second-order valence-corrected chi connectivity index (χ2v) is 9.29. The molecule has 35 heavy (non-hydrogen) atoms. The lowest BCUT2D eigenvalue weighted by atomic mass is 9.92. The fourth-order valence-corrected chi connectivity index (χ4v) is 3.87. The van der Waals surface area contributed by atoms with Gasteiger partial charge in [-0.2, -0.15) is 0 Å². The van der Waals surface area contributed by atoms with Gasteiger partial charge in [0.2, 0.25) is 0 Å². The highest BCUT2D eigenvalue weighted by atomic mass is 35.5. The van der Waals surface area contributed by atoms with Crippen LogP contribution in [-0.2, 0) is 5.60 Å². The third kappa shape index (κ3) is 5.92. The molecular formula is C27H28ClFN2O4. The molecule has 1 unspecified atom stereocenters. The number of aliphatic hydroxyl groups is 1. The molecule has 0 spiro atoms. The van der Waals surface area contributed by atoms with E-state index in [-0.39, 0.29) is 29.8 Å². The van der Waals surface area contributed by atoms with Crippen LogP contribution in [0.5, 0.6) is 11.5 Å². The number of halogens is 2. The van der Waals surface area contributed by atoms with Gasteiger partial charge in [-0.15, -0.1) is 0 Å². The van der Waals surface area contributed by atoms with Gasteiger partial charge >= 0.3 is 0 Å². The fraction of sp³-hybridized carbons (Fsp3) is 0.333. The maximum absolute atomic E-state index is 13.6. The number of benzene rings is 2. The van der Waals surface area contributed by atoms with Gasteiger partial charge in [-0.3, -0.25) is 4.79 Å². The normalized spacial score (nSPS) is 14.8. The maximum Gasteiger partial charge on any atom is 0.163 e. The second-order valence-electron chi connectivity index (χ2n) is 8.89. The van der Waals surface area contributed by atoms with Crippen LogP contribution >= 0.6 is 11.6 Å². The van der Waals surface area contributed by atoms with Crippen LogP contribution in [-0.4, -0.2) is 36.1 Å². The largest absolute Gasteiger partial charge is 0.493 e. The zero-order valence-corrected chi connectivity index (χ0v) is 20.7. The summed E-state index contributed by atoms with van der Waals surface area (Å²) >= 11 is 5.95. The summed E-state index contributed by atoms with van der Waals surface area (Å²) in [6.07, 6.45) is 2.52. The summed E-state index contributed by atoms with van der Waals surface area (Å²) in [4.78, 5) is 17.5. The highest BCUT2D eigenvalue weighted by Gasteiger charge is 2.28. The van der Waals surface area contributed by atoms with Crippen molar-refractivity contribution in [3.8, 4) is 22.8 Å². The first kappa shape index (κ1) is 24.9. The number of ketones is 1. The number of hydrogen-bond donors (Lipinski definition) is 2. The predicted octanol–water partition coefficient (Wildman–Crippen LogP) is 6.00. The van der Waals surface area contributed by atoms with E-state index in [1.54, 1.807) is 57.5 Å². The maximum atomic E-state index is 13.6. The van der Waals surface area contributed by atoms with Crippen LogP contribution in [0.4, 0.5) is 10.1 Å². The quantitative estimate of drug-likeness (QED) is 0.333. The van der Waals surface area contributed by atoms with Crippen molar-refractivity contribution in [3.63, 3.8) is 0 Å². The van der Waals surface area contributed by atoms with E-state index in [9.17, 15) is 14.3 Å². The van der Waals surface area contributed by atoms with E-state index in [4.69, 9.17) is 21.1 Å². The Morgan fingerprint density at radius 3 is 2.63 bits per heavy atom. The van der Waals surface area contributed by atoms with Crippen LogP contribution in [0.2, 0.25) is 5.02 Å². The number of anilines is 1. The highest BCUT2D eigenvalue weighted by Crippen LogP contribution is 2.35. The van der Waals surface area contributed by atoms with Crippen molar-refractivity contribution in [1.82, 2.24) is 4.98 Å². The lowest BCUT2D eigenvalue weighted by molar-refractivity contribution is 0.0398. The Kier molecular flexibility index (Phi) is 7.28. The van der Waals surface area contributed by atoms with Gasteiger partial charge in [0.1, 0.15) is 11.4 Å². The Bertz CT molecular complexity index is 1240. The van der Waals surface area contributed by atoms with E-state index < -0.39 is 11.4 Å². The minimum absolute atomic E-state index is 0.0120. The van der Waals surface area contributed by atoms with Crippen LogP contribution in [0.1, 0.15) is 48.7 Å². The van der Waals surface area contributed by atoms with Crippen molar-refractivity contribution in [2.45, 2.75) is 44.3 Å². The lowest BCUT2D eigenvalue weighted by Crippen LogP contribution is -2.24. The molecule has 1 aliphatic rings. The van der Waals surface area contributed by atoms with Crippen molar-refractivity contribution in [1.29, 1.82) is 0 Å². The Morgan fingerprint density at radius 1 is 1.20 bits per heavy atom. The summed E-state index contributed by atoms with van der Waals surface area (Å²) < 4.78 is 24.8. The van der Waals surface area contributed by atoms with Crippen molar-refractivity contribution < 1.29 is 23.8 Å². The molecule has 184 valence electrons. The van der Waals surface area contributed by atoms with E-state index >= 15 is 0 Å². The van der Waals surface area contributed by atoms with Gasteiger partial charge in [-0.1, -0.05) is 11.6 Å². The van der Waals surface area contributed by atoms with Crippen LogP contribution in [0.15, 0.2) is 48.5 Å². The zero-order valence-electron chi connectivity index (χ0n) is 19.9. The van der Waals surface area contributed by atoms with Gasteiger partial charge in [0.15, 0.2) is 17.3 Å². The third-order valence-electron chi connectivity index (χ3n) is 6.02. The number of aromatic nitrogens is 1.